The Labute approximate surface area is 186 Å². The van der Waals surface area contributed by atoms with Crippen LogP contribution in [0.5, 0.6) is 0 Å². The predicted molar refractivity (Wildman–Crippen MR) is 124 cm³/mol. The Hall–Kier alpha value is -4.19. The van der Waals surface area contributed by atoms with Crippen molar-refractivity contribution in [3.8, 4) is 0 Å². The second-order valence-electron chi connectivity index (χ2n) is 6.88. The summed E-state index contributed by atoms with van der Waals surface area (Å²) in [7, 11) is 0. The molecule has 3 rings (SSSR count). The van der Waals surface area contributed by atoms with Crippen molar-refractivity contribution in [3.05, 3.63) is 108 Å². The molecule has 0 saturated heterocycles. The number of carbonyl (C=O) groups is 3. The van der Waals surface area contributed by atoms with Gasteiger partial charge >= 0.3 is 5.97 Å². The van der Waals surface area contributed by atoms with E-state index in [4.69, 9.17) is 4.74 Å². The SMILES string of the molecule is CCOC(=O)/C=C/c1ccc(NC(=O)C(NC(=O)c2ccccc2)c2ccccc2)cc1. The Balaban J connectivity index is 1.72. The van der Waals surface area contributed by atoms with E-state index in [-0.39, 0.29) is 11.8 Å². The van der Waals surface area contributed by atoms with Gasteiger partial charge in [-0.15, -0.1) is 0 Å². The number of hydrogen-bond acceptors (Lipinski definition) is 4. The van der Waals surface area contributed by atoms with E-state index < -0.39 is 12.0 Å². The van der Waals surface area contributed by atoms with E-state index in [2.05, 4.69) is 10.6 Å². The maximum absolute atomic E-state index is 13.1. The number of carbonyl (C=O) groups excluding carboxylic acids is 3. The minimum absolute atomic E-state index is 0.317. The molecule has 2 N–H and O–H groups in total. The highest BCUT2D eigenvalue weighted by atomic mass is 16.5. The van der Waals surface area contributed by atoms with Gasteiger partial charge in [0, 0.05) is 17.3 Å². The fourth-order valence-electron chi connectivity index (χ4n) is 3.00. The van der Waals surface area contributed by atoms with Crippen LogP contribution in [-0.4, -0.2) is 24.4 Å². The zero-order valence-corrected chi connectivity index (χ0v) is 17.7. The maximum atomic E-state index is 13.1. The molecule has 0 aromatic heterocycles. The predicted octanol–water partition coefficient (Wildman–Crippen LogP) is 4.37. The first-order valence-electron chi connectivity index (χ1n) is 10.2. The van der Waals surface area contributed by atoms with Crippen LogP contribution in [-0.2, 0) is 14.3 Å². The van der Waals surface area contributed by atoms with Crippen LogP contribution >= 0.6 is 0 Å². The molecule has 0 spiro atoms. The molecule has 0 aliphatic carbocycles. The summed E-state index contributed by atoms with van der Waals surface area (Å²) >= 11 is 0. The lowest BCUT2D eigenvalue weighted by molar-refractivity contribution is -0.137. The van der Waals surface area contributed by atoms with Crippen molar-refractivity contribution in [2.75, 3.05) is 11.9 Å². The number of hydrogen-bond donors (Lipinski definition) is 2. The molecule has 0 aliphatic rings. The van der Waals surface area contributed by atoms with Gasteiger partial charge in [0.2, 0.25) is 0 Å². The molecule has 0 heterocycles. The van der Waals surface area contributed by atoms with Gasteiger partial charge in [-0.2, -0.15) is 0 Å². The van der Waals surface area contributed by atoms with E-state index in [1.54, 1.807) is 73.7 Å². The average molecular weight is 428 g/mol. The first kappa shape index (κ1) is 22.5. The largest absolute Gasteiger partial charge is 0.463 e. The zero-order valence-electron chi connectivity index (χ0n) is 17.7. The molecule has 32 heavy (non-hydrogen) atoms. The maximum Gasteiger partial charge on any atom is 0.330 e. The molecule has 0 bridgehead atoms. The fourth-order valence-corrected chi connectivity index (χ4v) is 3.00. The minimum atomic E-state index is -0.868. The summed E-state index contributed by atoms with van der Waals surface area (Å²) in [5.41, 5.74) is 2.49. The van der Waals surface area contributed by atoms with Crippen LogP contribution in [0.3, 0.4) is 0 Å². The zero-order chi connectivity index (χ0) is 22.8. The topological polar surface area (TPSA) is 84.5 Å². The number of esters is 1. The second kappa shape index (κ2) is 11.3. The molecule has 6 nitrogen and oxygen atoms in total. The number of anilines is 1. The monoisotopic (exact) mass is 428 g/mol. The summed E-state index contributed by atoms with van der Waals surface area (Å²) in [5.74, 6) is -1.12. The average Bonchev–Trinajstić information content (AvgIpc) is 2.83. The van der Waals surface area contributed by atoms with Gasteiger partial charge in [0.1, 0.15) is 6.04 Å². The van der Waals surface area contributed by atoms with Crippen molar-refractivity contribution < 1.29 is 19.1 Å². The van der Waals surface area contributed by atoms with E-state index in [9.17, 15) is 14.4 Å². The summed E-state index contributed by atoms with van der Waals surface area (Å²) in [6, 6.07) is 23.9. The summed E-state index contributed by atoms with van der Waals surface area (Å²) < 4.78 is 4.85. The lowest BCUT2D eigenvalue weighted by Crippen LogP contribution is -2.37. The molecule has 1 atom stereocenters. The highest BCUT2D eigenvalue weighted by Gasteiger charge is 2.23. The van der Waals surface area contributed by atoms with E-state index in [0.717, 1.165) is 5.56 Å². The van der Waals surface area contributed by atoms with Gasteiger partial charge in [0.25, 0.3) is 11.8 Å². The van der Waals surface area contributed by atoms with Gasteiger partial charge in [-0.1, -0.05) is 60.7 Å². The van der Waals surface area contributed by atoms with Gasteiger partial charge in [-0.25, -0.2) is 4.79 Å². The van der Waals surface area contributed by atoms with Crippen molar-refractivity contribution >= 4 is 29.5 Å². The van der Waals surface area contributed by atoms with E-state index in [0.29, 0.717) is 23.4 Å². The smallest absolute Gasteiger partial charge is 0.330 e. The first-order valence-corrected chi connectivity index (χ1v) is 10.2. The third kappa shape index (κ3) is 6.40. The summed E-state index contributed by atoms with van der Waals surface area (Å²) in [5, 5.41) is 5.65. The van der Waals surface area contributed by atoms with Gasteiger partial charge in [-0.05, 0) is 48.4 Å². The Morgan fingerprint density at radius 2 is 1.50 bits per heavy atom. The lowest BCUT2D eigenvalue weighted by atomic mass is 10.0. The van der Waals surface area contributed by atoms with Crippen molar-refractivity contribution in [1.82, 2.24) is 5.32 Å². The quantitative estimate of drug-likeness (QED) is 0.412. The summed E-state index contributed by atoms with van der Waals surface area (Å²) in [6.45, 7) is 2.06. The highest BCUT2D eigenvalue weighted by molar-refractivity contribution is 6.01. The van der Waals surface area contributed by atoms with Gasteiger partial charge in [-0.3, -0.25) is 9.59 Å². The molecular formula is C26H24N2O4. The Morgan fingerprint density at radius 3 is 2.12 bits per heavy atom. The number of rotatable bonds is 8. The molecule has 3 aromatic rings. The van der Waals surface area contributed by atoms with E-state index in [1.807, 2.05) is 24.3 Å². The van der Waals surface area contributed by atoms with Gasteiger partial charge in [0.05, 0.1) is 6.61 Å². The number of amides is 2. The molecule has 0 aliphatic heterocycles. The molecular weight excluding hydrogens is 404 g/mol. The fraction of sp³-hybridized carbons (Fsp3) is 0.115. The van der Waals surface area contributed by atoms with Crippen LogP contribution in [0.2, 0.25) is 0 Å². The van der Waals surface area contributed by atoms with Crippen molar-refractivity contribution in [1.29, 1.82) is 0 Å². The Kier molecular flexibility index (Phi) is 7.92. The van der Waals surface area contributed by atoms with Gasteiger partial charge in [0.15, 0.2) is 0 Å². The van der Waals surface area contributed by atoms with Crippen LogP contribution in [0.25, 0.3) is 6.08 Å². The molecule has 162 valence electrons. The van der Waals surface area contributed by atoms with Crippen molar-refractivity contribution in [3.63, 3.8) is 0 Å². The molecule has 6 heteroatoms. The van der Waals surface area contributed by atoms with Crippen molar-refractivity contribution in [2.24, 2.45) is 0 Å². The third-order valence-electron chi connectivity index (χ3n) is 4.58. The number of benzene rings is 3. The second-order valence-corrected chi connectivity index (χ2v) is 6.88. The summed E-state index contributed by atoms with van der Waals surface area (Å²) in [4.78, 5) is 37.1. The minimum Gasteiger partial charge on any atom is -0.463 e. The lowest BCUT2D eigenvalue weighted by Gasteiger charge is -2.19. The van der Waals surface area contributed by atoms with E-state index in [1.165, 1.54) is 6.08 Å². The van der Waals surface area contributed by atoms with Crippen LogP contribution < -0.4 is 10.6 Å². The first-order chi connectivity index (χ1) is 15.6. The summed E-state index contributed by atoms with van der Waals surface area (Å²) in [6.07, 6.45) is 2.98. The number of nitrogens with one attached hydrogen (secondary N) is 2. The standard InChI is InChI=1S/C26H24N2O4/c1-2-32-23(29)18-15-19-13-16-22(17-14-19)27-26(31)24(20-9-5-3-6-10-20)28-25(30)21-11-7-4-8-12-21/h3-18,24H,2H2,1H3,(H,27,31)(H,28,30)/b18-15+. The molecule has 2 amide bonds. The van der Waals surface area contributed by atoms with Crippen LogP contribution in [0.15, 0.2) is 91.0 Å². The molecule has 3 aromatic carbocycles. The van der Waals surface area contributed by atoms with Crippen molar-refractivity contribution in [2.45, 2.75) is 13.0 Å². The highest BCUT2D eigenvalue weighted by Crippen LogP contribution is 2.18. The molecule has 0 saturated carbocycles. The molecule has 0 fully saturated rings. The third-order valence-corrected chi connectivity index (χ3v) is 4.58. The normalized spacial score (nSPS) is 11.5. The van der Waals surface area contributed by atoms with Gasteiger partial charge < -0.3 is 15.4 Å². The molecule has 1 unspecified atom stereocenters. The van der Waals surface area contributed by atoms with Crippen LogP contribution in [0.4, 0.5) is 5.69 Å². The molecule has 0 radical (unpaired) electrons. The van der Waals surface area contributed by atoms with Crippen LogP contribution in [0, 0.1) is 0 Å². The Morgan fingerprint density at radius 1 is 0.875 bits per heavy atom. The van der Waals surface area contributed by atoms with Crippen LogP contribution in [0.1, 0.15) is 34.5 Å². The number of ether oxygens (including phenoxy) is 1. The Bertz CT molecular complexity index is 1080. The van der Waals surface area contributed by atoms with E-state index >= 15 is 0 Å².